The second kappa shape index (κ2) is 8.93. The van der Waals surface area contributed by atoms with Crippen molar-refractivity contribution in [2.24, 2.45) is 0 Å². The Bertz CT molecular complexity index is 689. The highest BCUT2D eigenvalue weighted by molar-refractivity contribution is 6.31. The normalized spacial score (nSPS) is 21.2. The van der Waals surface area contributed by atoms with Gasteiger partial charge >= 0.3 is 0 Å². The molecule has 0 aromatic heterocycles. The van der Waals surface area contributed by atoms with Gasteiger partial charge in [0.05, 0.1) is 19.2 Å². The van der Waals surface area contributed by atoms with Crippen molar-refractivity contribution in [2.45, 2.75) is 32.2 Å². The van der Waals surface area contributed by atoms with Gasteiger partial charge in [-0.15, -0.1) is 0 Å². The van der Waals surface area contributed by atoms with Gasteiger partial charge in [-0.05, 0) is 44.4 Å². The van der Waals surface area contributed by atoms with Crippen LogP contribution in [0, 0.1) is 0 Å². The molecule has 2 fully saturated rings. The number of nitrogens with zero attached hydrogens (tertiary/aromatic N) is 3. The summed E-state index contributed by atoms with van der Waals surface area (Å²) in [5.74, 6) is 0.657. The number of benzene rings is 1. The summed E-state index contributed by atoms with van der Waals surface area (Å²) < 4.78 is 5.30. The van der Waals surface area contributed by atoms with E-state index in [9.17, 15) is 9.59 Å². The zero-order chi connectivity index (χ0) is 19.4. The largest absolute Gasteiger partial charge is 0.496 e. The topological polar surface area (TPSA) is 53.1 Å². The van der Waals surface area contributed by atoms with Crippen molar-refractivity contribution in [1.29, 1.82) is 0 Å². The second-order valence-electron chi connectivity index (χ2n) is 7.34. The zero-order valence-corrected chi connectivity index (χ0v) is 16.9. The lowest BCUT2D eigenvalue weighted by Crippen LogP contribution is -2.53. The molecule has 2 saturated heterocycles. The SMILES string of the molecule is COc1ccc(Cl)cc1C(=O)N1CCN(CC(=O)N2CCCCC2C)CC1. The molecule has 0 aliphatic carbocycles. The predicted octanol–water partition coefficient (Wildman–Crippen LogP) is 2.51. The van der Waals surface area contributed by atoms with Gasteiger partial charge in [0.15, 0.2) is 0 Å². The summed E-state index contributed by atoms with van der Waals surface area (Å²) in [4.78, 5) is 31.4. The average Bonchev–Trinajstić information content (AvgIpc) is 2.68. The Balaban J connectivity index is 1.55. The van der Waals surface area contributed by atoms with E-state index in [-0.39, 0.29) is 11.8 Å². The standard InChI is InChI=1S/C20H28ClN3O3/c1-15-5-3-4-8-24(15)19(25)14-22-9-11-23(12-10-22)20(26)17-13-16(21)6-7-18(17)27-2/h6-7,13,15H,3-5,8-12,14H2,1-2H3. The van der Waals surface area contributed by atoms with Crippen molar-refractivity contribution >= 4 is 23.4 Å². The van der Waals surface area contributed by atoms with E-state index in [0.29, 0.717) is 55.1 Å². The molecule has 1 unspecified atom stereocenters. The Morgan fingerprint density at radius 2 is 1.89 bits per heavy atom. The number of piperidine rings is 1. The molecule has 1 atom stereocenters. The Labute approximate surface area is 166 Å². The Morgan fingerprint density at radius 1 is 1.15 bits per heavy atom. The molecule has 0 saturated carbocycles. The molecule has 0 N–H and O–H groups in total. The van der Waals surface area contributed by atoms with Crippen LogP contribution < -0.4 is 4.74 Å². The predicted molar refractivity (Wildman–Crippen MR) is 105 cm³/mol. The highest BCUT2D eigenvalue weighted by Crippen LogP contribution is 2.24. The van der Waals surface area contributed by atoms with Gasteiger partial charge in [0.25, 0.3) is 5.91 Å². The minimum absolute atomic E-state index is 0.0787. The van der Waals surface area contributed by atoms with Gasteiger partial charge in [-0.25, -0.2) is 0 Å². The first-order valence-electron chi connectivity index (χ1n) is 9.64. The maximum absolute atomic E-state index is 12.8. The molecule has 2 amide bonds. The molecule has 2 aliphatic heterocycles. The number of amides is 2. The number of carbonyl (C=O) groups excluding carboxylic acids is 2. The molecule has 0 radical (unpaired) electrons. The number of piperazine rings is 1. The number of hydrogen-bond donors (Lipinski definition) is 0. The van der Waals surface area contributed by atoms with Gasteiger partial charge in [-0.3, -0.25) is 14.5 Å². The van der Waals surface area contributed by atoms with Crippen molar-refractivity contribution in [3.8, 4) is 5.75 Å². The lowest BCUT2D eigenvalue weighted by atomic mass is 10.0. The van der Waals surface area contributed by atoms with E-state index in [0.717, 1.165) is 19.4 Å². The van der Waals surface area contributed by atoms with Gasteiger partial charge in [0.1, 0.15) is 5.75 Å². The lowest BCUT2D eigenvalue weighted by Gasteiger charge is -2.38. The van der Waals surface area contributed by atoms with Crippen molar-refractivity contribution in [1.82, 2.24) is 14.7 Å². The highest BCUT2D eigenvalue weighted by atomic mass is 35.5. The molecule has 6 nitrogen and oxygen atoms in total. The van der Waals surface area contributed by atoms with Gasteiger partial charge in [0, 0.05) is 43.8 Å². The summed E-state index contributed by atoms with van der Waals surface area (Å²) in [6.45, 7) is 6.02. The monoisotopic (exact) mass is 393 g/mol. The van der Waals surface area contributed by atoms with Crippen LogP contribution in [0.4, 0.5) is 0 Å². The van der Waals surface area contributed by atoms with E-state index in [1.165, 1.54) is 6.42 Å². The smallest absolute Gasteiger partial charge is 0.257 e. The molecular weight excluding hydrogens is 366 g/mol. The van der Waals surface area contributed by atoms with Crippen molar-refractivity contribution in [3.05, 3.63) is 28.8 Å². The minimum Gasteiger partial charge on any atom is -0.496 e. The average molecular weight is 394 g/mol. The first kappa shape index (κ1) is 20.0. The van der Waals surface area contributed by atoms with Crippen LogP contribution in [-0.4, -0.2) is 78.9 Å². The van der Waals surface area contributed by atoms with E-state index in [1.54, 1.807) is 30.2 Å². The van der Waals surface area contributed by atoms with Crippen molar-refractivity contribution < 1.29 is 14.3 Å². The molecule has 148 valence electrons. The minimum atomic E-state index is -0.0787. The quantitative estimate of drug-likeness (QED) is 0.788. The summed E-state index contributed by atoms with van der Waals surface area (Å²) in [5.41, 5.74) is 0.483. The van der Waals surface area contributed by atoms with E-state index < -0.39 is 0 Å². The van der Waals surface area contributed by atoms with Crippen LogP contribution in [0.1, 0.15) is 36.5 Å². The van der Waals surface area contributed by atoms with Crippen LogP contribution in [0.3, 0.4) is 0 Å². The molecular formula is C20H28ClN3O3. The number of likely N-dealkylation sites (tertiary alicyclic amines) is 1. The summed E-state index contributed by atoms with van der Waals surface area (Å²) in [6, 6.07) is 5.41. The maximum atomic E-state index is 12.8. The van der Waals surface area contributed by atoms with Crippen LogP contribution >= 0.6 is 11.6 Å². The van der Waals surface area contributed by atoms with E-state index >= 15 is 0 Å². The van der Waals surface area contributed by atoms with Crippen molar-refractivity contribution in [2.75, 3.05) is 46.4 Å². The Morgan fingerprint density at radius 3 is 2.56 bits per heavy atom. The molecule has 3 rings (SSSR count). The van der Waals surface area contributed by atoms with Crippen LogP contribution in [0.5, 0.6) is 5.75 Å². The van der Waals surface area contributed by atoms with Crippen molar-refractivity contribution in [3.63, 3.8) is 0 Å². The van der Waals surface area contributed by atoms with Gasteiger partial charge in [0.2, 0.25) is 5.91 Å². The molecule has 0 spiro atoms. The van der Waals surface area contributed by atoms with E-state index in [4.69, 9.17) is 16.3 Å². The molecule has 2 heterocycles. The van der Waals surface area contributed by atoms with E-state index in [1.807, 2.05) is 4.90 Å². The molecule has 2 aliphatic rings. The van der Waals surface area contributed by atoms with Crippen LogP contribution in [0.2, 0.25) is 5.02 Å². The molecule has 0 bridgehead atoms. The van der Waals surface area contributed by atoms with E-state index in [2.05, 4.69) is 11.8 Å². The maximum Gasteiger partial charge on any atom is 0.257 e. The number of ether oxygens (including phenoxy) is 1. The highest BCUT2D eigenvalue weighted by Gasteiger charge is 2.28. The van der Waals surface area contributed by atoms with Gasteiger partial charge < -0.3 is 14.5 Å². The number of carbonyl (C=O) groups is 2. The lowest BCUT2D eigenvalue weighted by molar-refractivity contribution is -0.136. The summed E-state index contributed by atoms with van der Waals surface area (Å²) in [6.07, 6.45) is 3.40. The molecule has 27 heavy (non-hydrogen) atoms. The number of methoxy groups -OCH3 is 1. The fraction of sp³-hybridized carbons (Fsp3) is 0.600. The summed E-state index contributed by atoms with van der Waals surface area (Å²) in [7, 11) is 1.55. The molecule has 7 heteroatoms. The fourth-order valence-electron chi connectivity index (χ4n) is 3.88. The first-order valence-corrected chi connectivity index (χ1v) is 10.0. The van der Waals surface area contributed by atoms with Gasteiger partial charge in [-0.2, -0.15) is 0 Å². The molecule has 1 aromatic rings. The Kier molecular flexibility index (Phi) is 6.60. The number of hydrogen-bond acceptors (Lipinski definition) is 4. The third-order valence-electron chi connectivity index (χ3n) is 5.53. The van der Waals surface area contributed by atoms with Crippen LogP contribution in [-0.2, 0) is 4.79 Å². The second-order valence-corrected chi connectivity index (χ2v) is 7.78. The number of rotatable bonds is 4. The van der Waals surface area contributed by atoms with Crippen LogP contribution in [0.15, 0.2) is 18.2 Å². The third-order valence-corrected chi connectivity index (χ3v) is 5.77. The molecule has 1 aromatic carbocycles. The number of halogens is 1. The Hall–Kier alpha value is -1.79. The zero-order valence-electron chi connectivity index (χ0n) is 16.1. The van der Waals surface area contributed by atoms with Gasteiger partial charge in [-0.1, -0.05) is 11.6 Å². The van der Waals surface area contributed by atoms with Crippen LogP contribution in [0.25, 0.3) is 0 Å². The summed E-state index contributed by atoms with van der Waals surface area (Å²) in [5, 5.41) is 0.513. The fourth-order valence-corrected chi connectivity index (χ4v) is 4.05. The third kappa shape index (κ3) is 4.74. The first-order chi connectivity index (χ1) is 13.0. The summed E-state index contributed by atoms with van der Waals surface area (Å²) >= 11 is 6.05.